The normalized spacial score (nSPS) is 11.8. The smallest absolute Gasteiger partial charge is 0.160 e. The zero-order chi connectivity index (χ0) is 31.6. The topological polar surface area (TPSA) is 30.2 Å². The van der Waals surface area contributed by atoms with Gasteiger partial charge in [0.1, 0.15) is 4.83 Å². The van der Waals surface area contributed by atoms with Gasteiger partial charge < -0.3 is 0 Å². The number of hydrogen-bond donors (Lipinski definition) is 0. The number of benzene rings is 7. The number of fused-ring (bicyclic) bond motifs is 7. The highest BCUT2D eigenvalue weighted by Gasteiger charge is 2.18. The lowest BCUT2D eigenvalue weighted by Gasteiger charge is -2.11. The van der Waals surface area contributed by atoms with E-state index in [0.29, 0.717) is 0 Å². The molecule has 0 saturated heterocycles. The molecule has 0 spiro atoms. The first-order valence-electron chi connectivity index (χ1n) is 16.2. The first-order chi connectivity index (χ1) is 23.8. The molecule has 3 nitrogen and oxygen atoms in total. The fourth-order valence-corrected chi connectivity index (χ4v) is 8.26. The van der Waals surface area contributed by atoms with Crippen LogP contribution in [0, 0.1) is 0 Å². The fraction of sp³-hybridized carbons (Fsp3) is 0. The van der Waals surface area contributed by atoms with Gasteiger partial charge in [-0.25, -0.2) is 9.97 Å². The highest BCUT2D eigenvalue weighted by molar-refractivity contribution is 7.24. The molecule has 0 bridgehead atoms. The van der Waals surface area contributed by atoms with Gasteiger partial charge in [-0.1, -0.05) is 127 Å². The Labute approximate surface area is 281 Å². The molecular formula is C44H27N3S. The van der Waals surface area contributed by atoms with Crippen LogP contribution in [0.4, 0.5) is 0 Å². The molecule has 10 aromatic rings. The van der Waals surface area contributed by atoms with Gasteiger partial charge in [-0.3, -0.25) is 4.40 Å². The van der Waals surface area contributed by atoms with E-state index in [2.05, 4.69) is 168 Å². The lowest BCUT2D eigenvalue weighted by molar-refractivity contribution is 1.18. The molecule has 48 heavy (non-hydrogen) atoms. The van der Waals surface area contributed by atoms with Crippen molar-refractivity contribution < 1.29 is 0 Å². The number of nitrogens with zero attached hydrogens (tertiary/aromatic N) is 3. The van der Waals surface area contributed by atoms with Gasteiger partial charge in [-0.2, -0.15) is 0 Å². The second-order valence-corrected chi connectivity index (χ2v) is 13.3. The second kappa shape index (κ2) is 10.7. The average Bonchev–Trinajstić information content (AvgIpc) is 3.69. The highest BCUT2D eigenvalue weighted by Crippen LogP contribution is 2.42. The van der Waals surface area contributed by atoms with Crippen LogP contribution in [0.3, 0.4) is 0 Å². The summed E-state index contributed by atoms with van der Waals surface area (Å²) >= 11 is 1.85. The van der Waals surface area contributed by atoms with E-state index in [1.165, 1.54) is 58.6 Å². The Bertz CT molecular complexity index is 2740. The number of hydrogen-bond acceptors (Lipinski definition) is 3. The molecule has 3 heterocycles. The lowest BCUT2D eigenvalue weighted by atomic mass is 10.00. The Hall–Kier alpha value is -6.10. The zero-order valence-corrected chi connectivity index (χ0v) is 26.7. The van der Waals surface area contributed by atoms with Crippen molar-refractivity contribution in [2.75, 3.05) is 0 Å². The standard InChI is InChI=1S/C44H27N3S/c1-3-11-32-25-34(23-17-28(32)9-1)38-27-37(45-43(46-38)35-24-18-29-10-2-4-12-33(29)26-35)30-19-21-31(22-20-30)42-36-13-5-6-14-39(36)47-40-15-7-8-16-41(40)48-44(42)47/h1-27H. The maximum atomic E-state index is 5.18. The number of thiazole rings is 1. The molecule has 0 radical (unpaired) electrons. The third-order valence-electron chi connectivity index (χ3n) is 9.39. The highest BCUT2D eigenvalue weighted by atomic mass is 32.1. The molecule has 0 N–H and O–H groups in total. The molecule has 0 atom stereocenters. The molecule has 0 amide bonds. The van der Waals surface area contributed by atoms with Gasteiger partial charge in [0.25, 0.3) is 0 Å². The summed E-state index contributed by atoms with van der Waals surface area (Å²) in [5.74, 6) is 0.718. The van der Waals surface area contributed by atoms with Gasteiger partial charge in [0, 0.05) is 27.6 Å². The fourth-order valence-electron chi connectivity index (χ4n) is 7.02. The van der Waals surface area contributed by atoms with Crippen LogP contribution in [-0.4, -0.2) is 14.4 Å². The van der Waals surface area contributed by atoms with Crippen LogP contribution in [-0.2, 0) is 0 Å². The minimum atomic E-state index is 0.718. The Kier molecular flexibility index (Phi) is 6.05. The number of rotatable bonds is 4. The van der Waals surface area contributed by atoms with E-state index < -0.39 is 0 Å². The van der Waals surface area contributed by atoms with Crippen molar-refractivity contribution in [1.29, 1.82) is 0 Å². The summed E-state index contributed by atoms with van der Waals surface area (Å²) < 4.78 is 3.70. The van der Waals surface area contributed by atoms with Crippen molar-refractivity contribution in [3.63, 3.8) is 0 Å². The van der Waals surface area contributed by atoms with E-state index in [1.54, 1.807) is 0 Å². The Balaban J connectivity index is 1.13. The molecule has 0 unspecified atom stereocenters. The predicted molar refractivity (Wildman–Crippen MR) is 203 cm³/mol. The monoisotopic (exact) mass is 629 g/mol. The van der Waals surface area contributed by atoms with E-state index in [4.69, 9.17) is 9.97 Å². The third-order valence-corrected chi connectivity index (χ3v) is 10.5. The molecule has 0 saturated carbocycles. The number of aromatic nitrogens is 3. The largest absolute Gasteiger partial charge is 0.299 e. The molecule has 0 aliphatic rings. The summed E-state index contributed by atoms with van der Waals surface area (Å²) in [4.78, 5) is 11.6. The van der Waals surface area contributed by atoms with Gasteiger partial charge >= 0.3 is 0 Å². The van der Waals surface area contributed by atoms with Crippen molar-refractivity contribution in [2.24, 2.45) is 0 Å². The van der Waals surface area contributed by atoms with Crippen LogP contribution in [0.5, 0.6) is 0 Å². The van der Waals surface area contributed by atoms with Crippen LogP contribution < -0.4 is 0 Å². The van der Waals surface area contributed by atoms with Crippen molar-refractivity contribution in [2.45, 2.75) is 0 Å². The minimum absolute atomic E-state index is 0.718. The average molecular weight is 630 g/mol. The summed E-state index contributed by atoms with van der Waals surface area (Å²) in [6.45, 7) is 0. The Morgan fingerprint density at radius 1 is 0.417 bits per heavy atom. The van der Waals surface area contributed by atoms with Crippen LogP contribution in [0.25, 0.3) is 92.5 Å². The Morgan fingerprint density at radius 2 is 0.958 bits per heavy atom. The SMILES string of the molecule is c1ccc2cc(-c3cc(-c4ccc(-c5c6ccccc6n6c5sc5ccccc56)cc4)nc(-c4ccc5ccccc5c4)n3)ccc2c1. The van der Waals surface area contributed by atoms with E-state index >= 15 is 0 Å². The predicted octanol–water partition coefficient (Wildman–Crippen LogP) is 12.1. The molecule has 4 heteroatoms. The third kappa shape index (κ3) is 4.34. The van der Waals surface area contributed by atoms with Crippen LogP contribution in [0.1, 0.15) is 0 Å². The van der Waals surface area contributed by atoms with Gasteiger partial charge in [-0.15, -0.1) is 11.3 Å². The van der Waals surface area contributed by atoms with Crippen LogP contribution in [0.2, 0.25) is 0 Å². The van der Waals surface area contributed by atoms with Crippen molar-refractivity contribution in [3.8, 4) is 45.0 Å². The first-order valence-corrected chi connectivity index (χ1v) is 17.0. The molecule has 0 fully saturated rings. The van der Waals surface area contributed by atoms with Crippen molar-refractivity contribution in [1.82, 2.24) is 14.4 Å². The molecule has 224 valence electrons. The molecule has 0 aliphatic carbocycles. The molecular weight excluding hydrogens is 603 g/mol. The minimum Gasteiger partial charge on any atom is -0.299 e. The first kappa shape index (κ1) is 27.1. The Morgan fingerprint density at radius 3 is 1.71 bits per heavy atom. The number of para-hydroxylation sites is 2. The van der Waals surface area contributed by atoms with E-state index in [-0.39, 0.29) is 0 Å². The maximum absolute atomic E-state index is 5.18. The van der Waals surface area contributed by atoms with E-state index in [1.807, 2.05) is 11.3 Å². The van der Waals surface area contributed by atoms with Gasteiger partial charge in [0.15, 0.2) is 5.82 Å². The summed E-state index contributed by atoms with van der Waals surface area (Å²) in [6.07, 6.45) is 0. The van der Waals surface area contributed by atoms with Gasteiger partial charge in [0.2, 0.25) is 0 Å². The summed E-state index contributed by atoms with van der Waals surface area (Å²) in [5.41, 5.74) is 9.89. The zero-order valence-electron chi connectivity index (χ0n) is 25.8. The summed E-state index contributed by atoms with van der Waals surface area (Å²) in [5, 5.41) is 6.05. The quantitative estimate of drug-likeness (QED) is 0.194. The van der Waals surface area contributed by atoms with Crippen molar-refractivity contribution >= 4 is 58.8 Å². The second-order valence-electron chi connectivity index (χ2n) is 12.3. The maximum Gasteiger partial charge on any atom is 0.160 e. The van der Waals surface area contributed by atoms with Crippen molar-refractivity contribution in [3.05, 3.63) is 164 Å². The van der Waals surface area contributed by atoms with Crippen LogP contribution >= 0.6 is 11.3 Å². The van der Waals surface area contributed by atoms with Gasteiger partial charge in [-0.05, 0) is 63.5 Å². The molecule has 7 aromatic carbocycles. The van der Waals surface area contributed by atoms with Crippen LogP contribution in [0.15, 0.2) is 164 Å². The van der Waals surface area contributed by atoms with E-state index in [0.717, 1.165) is 33.9 Å². The molecule has 0 aliphatic heterocycles. The summed E-state index contributed by atoms with van der Waals surface area (Å²) in [7, 11) is 0. The lowest BCUT2D eigenvalue weighted by Crippen LogP contribution is -1.96. The molecule has 3 aromatic heterocycles. The summed E-state index contributed by atoms with van der Waals surface area (Å²) in [6, 6.07) is 58.4. The molecule has 10 rings (SSSR count). The van der Waals surface area contributed by atoms with E-state index in [9.17, 15) is 0 Å². The van der Waals surface area contributed by atoms with Gasteiger partial charge in [0.05, 0.1) is 27.1 Å².